The van der Waals surface area contributed by atoms with Gasteiger partial charge in [0.15, 0.2) is 0 Å². The number of hydrogen-bond donors (Lipinski definition) is 0. The molecule has 5 nitrogen and oxygen atoms in total. The summed E-state index contributed by atoms with van der Waals surface area (Å²) >= 11 is 0. The molecule has 2 aliphatic heterocycles. The van der Waals surface area contributed by atoms with Gasteiger partial charge in [0.05, 0.1) is 18.3 Å². The molecule has 23 heavy (non-hydrogen) atoms. The maximum atomic E-state index is 12.7. The van der Waals surface area contributed by atoms with E-state index in [1.54, 1.807) is 11.1 Å². The van der Waals surface area contributed by atoms with E-state index in [-0.39, 0.29) is 18.1 Å². The highest BCUT2D eigenvalue weighted by molar-refractivity contribution is 5.81. The average Bonchev–Trinajstić information content (AvgIpc) is 3.15. The number of pyridine rings is 1. The van der Waals surface area contributed by atoms with Crippen LogP contribution in [0.15, 0.2) is 24.4 Å². The van der Waals surface area contributed by atoms with Crippen molar-refractivity contribution in [1.29, 1.82) is 0 Å². The van der Waals surface area contributed by atoms with E-state index in [0.29, 0.717) is 12.6 Å². The molecule has 5 heteroatoms. The van der Waals surface area contributed by atoms with E-state index in [9.17, 15) is 4.79 Å². The summed E-state index contributed by atoms with van der Waals surface area (Å²) in [4.78, 5) is 21.3. The summed E-state index contributed by atoms with van der Waals surface area (Å²) in [6, 6.07) is 6.24. The normalized spacial score (nSPS) is 30.4. The van der Waals surface area contributed by atoms with Gasteiger partial charge in [-0.1, -0.05) is 6.07 Å². The molecule has 1 aliphatic carbocycles. The van der Waals surface area contributed by atoms with Crippen LogP contribution >= 0.6 is 0 Å². The molecule has 124 valence electrons. The summed E-state index contributed by atoms with van der Waals surface area (Å²) in [5.74, 6) is 0.992. The number of carbonyl (C=O) groups excluding carboxylic acids is 1. The van der Waals surface area contributed by atoms with Gasteiger partial charge < -0.3 is 9.64 Å². The lowest BCUT2D eigenvalue weighted by Gasteiger charge is -2.23. The maximum Gasteiger partial charge on any atom is 0.251 e. The highest BCUT2D eigenvalue weighted by Gasteiger charge is 2.47. The summed E-state index contributed by atoms with van der Waals surface area (Å²) in [6.07, 6.45) is 6.42. The number of hydrogen-bond acceptors (Lipinski definition) is 4. The molecule has 0 radical (unpaired) electrons. The lowest BCUT2D eigenvalue weighted by molar-refractivity contribution is -0.142. The van der Waals surface area contributed by atoms with Gasteiger partial charge in [-0.2, -0.15) is 0 Å². The van der Waals surface area contributed by atoms with Crippen LogP contribution < -0.4 is 0 Å². The Morgan fingerprint density at radius 2 is 2.26 bits per heavy atom. The van der Waals surface area contributed by atoms with Crippen LogP contribution in [0.3, 0.4) is 0 Å². The van der Waals surface area contributed by atoms with Gasteiger partial charge in [0.25, 0.3) is 5.91 Å². The van der Waals surface area contributed by atoms with Gasteiger partial charge in [0.2, 0.25) is 0 Å². The van der Waals surface area contributed by atoms with Crippen molar-refractivity contribution in [1.82, 2.24) is 14.8 Å². The Balaban J connectivity index is 1.34. The number of nitrogens with zero attached hydrogens (tertiary/aromatic N) is 3. The molecule has 1 amide bonds. The minimum atomic E-state index is -0.277. The molecule has 0 bridgehead atoms. The van der Waals surface area contributed by atoms with Gasteiger partial charge in [-0.05, 0) is 37.3 Å². The second kappa shape index (κ2) is 6.21. The number of likely N-dealkylation sites (tertiary alicyclic amines) is 1. The summed E-state index contributed by atoms with van der Waals surface area (Å²) in [5, 5.41) is 0. The zero-order valence-electron chi connectivity index (χ0n) is 13.7. The molecule has 3 aliphatic rings. The third-order valence-corrected chi connectivity index (χ3v) is 5.36. The van der Waals surface area contributed by atoms with Gasteiger partial charge in [-0.25, -0.2) is 0 Å². The molecule has 0 spiro atoms. The second-order valence-corrected chi connectivity index (χ2v) is 7.21. The Morgan fingerprint density at radius 1 is 1.39 bits per heavy atom. The molecular weight excluding hydrogens is 290 g/mol. The standard InChI is InChI=1S/C18H25N3O2/c1-20(12-14-4-2-3-8-19-14)18(22)17-10-15-16(23-17)7-9-21(15)11-13-5-6-13/h2-4,8,13,15-17H,5-7,9-12H2,1H3/t15-,16-,17-/m0/s1. The Labute approximate surface area is 137 Å². The first-order valence-corrected chi connectivity index (χ1v) is 8.75. The zero-order chi connectivity index (χ0) is 15.8. The van der Waals surface area contributed by atoms with Crippen LogP contribution in [0.2, 0.25) is 0 Å². The monoisotopic (exact) mass is 315 g/mol. The number of amides is 1. The molecular formula is C18H25N3O2. The number of rotatable bonds is 5. The van der Waals surface area contributed by atoms with E-state index < -0.39 is 0 Å². The van der Waals surface area contributed by atoms with Gasteiger partial charge in [-0.15, -0.1) is 0 Å². The molecule has 3 atom stereocenters. The zero-order valence-corrected chi connectivity index (χ0v) is 13.7. The second-order valence-electron chi connectivity index (χ2n) is 7.21. The number of ether oxygens (including phenoxy) is 1. The van der Waals surface area contributed by atoms with Crippen LogP contribution in [0.5, 0.6) is 0 Å². The molecule has 4 rings (SSSR count). The van der Waals surface area contributed by atoms with Crippen molar-refractivity contribution in [3.8, 4) is 0 Å². The highest BCUT2D eigenvalue weighted by atomic mass is 16.5. The maximum absolute atomic E-state index is 12.7. The number of carbonyl (C=O) groups is 1. The lowest BCUT2D eigenvalue weighted by atomic mass is 10.1. The Kier molecular flexibility index (Phi) is 4.07. The quantitative estimate of drug-likeness (QED) is 0.829. The van der Waals surface area contributed by atoms with Crippen molar-refractivity contribution >= 4 is 5.91 Å². The van der Waals surface area contributed by atoms with Crippen molar-refractivity contribution in [2.75, 3.05) is 20.1 Å². The van der Waals surface area contributed by atoms with Crippen LogP contribution in [0.1, 0.15) is 31.4 Å². The Bertz CT molecular complexity index is 561. The molecule has 1 aromatic rings. The smallest absolute Gasteiger partial charge is 0.251 e. The van der Waals surface area contributed by atoms with E-state index >= 15 is 0 Å². The van der Waals surface area contributed by atoms with E-state index in [0.717, 1.165) is 31.0 Å². The molecule has 0 aromatic carbocycles. The fourth-order valence-corrected chi connectivity index (χ4v) is 3.91. The predicted molar refractivity (Wildman–Crippen MR) is 86.7 cm³/mol. The van der Waals surface area contributed by atoms with Crippen molar-refractivity contribution in [2.45, 2.75) is 50.5 Å². The lowest BCUT2D eigenvalue weighted by Crippen LogP contribution is -2.38. The van der Waals surface area contributed by atoms with Crippen LogP contribution in [-0.4, -0.2) is 59.1 Å². The van der Waals surface area contributed by atoms with Crippen LogP contribution in [0, 0.1) is 5.92 Å². The molecule has 3 heterocycles. The number of likely N-dealkylation sites (N-methyl/N-ethyl adjacent to an activating group) is 1. The third kappa shape index (κ3) is 3.26. The Morgan fingerprint density at radius 3 is 3.00 bits per heavy atom. The van der Waals surface area contributed by atoms with Crippen LogP contribution in [0.4, 0.5) is 0 Å². The molecule has 1 aromatic heterocycles. The van der Waals surface area contributed by atoms with E-state index in [1.165, 1.54) is 19.4 Å². The van der Waals surface area contributed by atoms with E-state index in [2.05, 4.69) is 9.88 Å². The first kappa shape index (κ1) is 15.1. The summed E-state index contributed by atoms with van der Waals surface area (Å²) in [7, 11) is 1.84. The summed E-state index contributed by atoms with van der Waals surface area (Å²) in [5.41, 5.74) is 0.914. The molecule has 1 saturated carbocycles. The minimum absolute atomic E-state index is 0.0939. The largest absolute Gasteiger partial charge is 0.363 e. The predicted octanol–water partition coefficient (Wildman–Crippen LogP) is 1.68. The topological polar surface area (TPSA) is 45.7 Å². The van der Waals surface area contributed by atoms with Gasteiger partial charge in [0, 0.05) is 38.8 Å². The van der Waals surface area contributed by atoms with E-state index in [1.807, 2.05) is 25.2 Å². The summed E-state index contributed by atoms with van der Waals surface area (Å²) in [6.45, 7) is 2.88. The highest BCUT2D eigenvalue weighted by Crippen LogP contribution is 2.37. The van der Waals surface area contributed by atoms with Gasteiger partial charge in [-0.3, -0.25) is 14.7 Å². The number of aromatic nitrogens is 1. The van der Waals surface area contributed by atoms with Crippen molar-refractivity contribution in [3.05, 3.63) is 30.1 Å². The van der Waals surface area contributed by atoms with Crippen molar-refractivity contribution in [3.63, 3.8) is 0 Å². The van der Waals surface area contributed by atoms with Gasteiger partial charge in [0.1, 0.15) is 6.10 Å². The molecule has 3 fully saturated rings. The average molecular weight is 315 g/mol. The molecule has 0 N–H and O–H groups in total. The first-order valence-electron chi connectivity index (χ1n) is 8.75. The third-order valence-electron chi connectivity index (χ3n) is 5.36. The van der Waals surface area contributed by atoms with Crippen molar-refractivity contribution < 1.29 is 9.53 Å². The Hall–Kier alpha value is -1.46. The van der Waals surface area contributed by atoms with E-state index in [4.69, 9.17) is 4.74 Å². The number of fused-ring (bicyclic) bond motifs is 1. The SMILES string of the molecule is CN(Cc1ccccn1)C(=O)[C@@H]1C[C@H]2[C@H](CCN2CC2CC2)O1. The van der Waals surface area contributed by atoms with Crippen LogP contribution in [-0.2, 0) is 16.1 Å². The molecule has 2 saturated heterocycles. The minimum Gasteiger partial charge on any atom is -0.363 e. The van der Waals surface area contributed by atoms with Crippen molar-refractivity contribution in [2.24, 2.45) is 5.92 Å². The molecule has 0 unspecified atom stereocenters. The van der Waals surface area contributed by atoms with Gasteiger partial charge >= 0.3 is 0 Å². The van der Waals surface area contributed by atoms with Crippen LogP contribution in [0.25, 0.3) is 0 Å². The fraction of sp³-hybridized carbons (Fsp3) is 0.667. The summed E-state index contributed by atoms with van der Waals surface area (Å²) < 4.78 is 6.08. The first-order chi connectivity index (χ1) is 11.2. The fourth-order valence-electron chi connectivity index (χ4n) is 3.91.